The molecule has 10 heteroatoms. The minimum atomic E-state index is -3.42. The Balaban J connectivity index is 3.93. The van der Waals surface area contributed by atoms with Gasteiger partial charge in [0.1, 0.15) is 0 Å². The quantitative estimate of drug-likeness (QED) is 0.349. The number of hydrogen-bond donors (Lipinski definition) is 1. The van der Waals surface area contributed by atoms with E-state index in [1.165, 1.54) is 0 Å². The van der Waals surface area contributed by atoms with Crippen molar-refractivity contribution in [2.75, 3.05) is 51.6 Å². The van der Waals surface area contributed by atoms with Crippen LogP contribution in [-0.2, 0) is 24.0 Å². The van der Waals surface area contributed by atoms with Crippen molar-refractivity contribution in [2.24, 2.45) is 0 Å². The molecule has 1 N–H and O–H groups in total. The van der Waals surface area contributed by atoms with Crippen molar-refractivity contribution in [3.63, 3.8) is 0 Å². The maximum absolute atomic E-state index is 12.0. The average molecular weight is 396 g/mol. The summed E-state index contributed by atoms with van der Waals surface area (Å²) in [5.74, 6) is -0.481. The molecular weight excluding hydrogens is 369 g/mol. The molecule has 7 nitrogen and oxygen atoms in total. The zero-order valence-corrected chi connectivity index (χ0v) is 16.2. The van der Waals surface area contributed by atoms with E-state index in [2.05, 4.69) is 0 Å². The summed E-state index contributed by atoms with van der Waals surface area (Å²) >= 11 is 11.3. The van der Waals surface area contributed by atoms with Gasteiger partial charge in [0.05, 0.1) is 50.6 Å². The van der Waals surface area contributed by atoms with Crippen LogP contribution in [0.4, 0.5) is 0 Å². The van der Waals surface area contributed by atoms with Gasteiger partial charge in [0, 0.05) is 12.6 Å². The second kappa shape index (κ2) is 11.8. The predicted octanol–water partition coefficient (Wildman–Crippen LogP) is 1.22. The largest absolute Gasteiger partial charge is 0.390 e. The van der Waals surface area contributed by atoms with E-state index < -0.39 is 21.5 Å². The molecule has 0 amide bonds. The normalized spacial score (nSPS) is 14.4. The van der Waals surface area contributed by atoms with Crippen LogP contribution >= 0.6 is 23.6 Å². The Labute approximate surface area is 148 Å². The number of aliphatic hydroxyl groups is 1. The zero-order valence-electron chi connectivity index (χ0n) is 13.8. The van der Waals surface area contributed by atoms with Crippen LogP contribution in [0.5, 0.6) is 0 Å². The number of hydrogen-bond acceptors (Lipinski definition) is 7. The first-order valence-corrected chi connectivity index (χ1v) is 9.75. The maximum atomic E-state index is 12.0. The van der Waals surface area contributed by atoms with E-state index in [9.17, 15) is 13.5 Å². The van der Waals surface area contributed by atoms with E-state index in [1.807, 2.05) is 0 Å². The number of sulfone groups is 1. The third-order valence-corrected chi connectivity index (χ3v) is 5.68. The third-order valence-electron chi connectivity index (χ3n) is 3.04. The molecule has 0 radical (unpaired) electrons. The van der Waals surface area contributed by atoms with Crippen LogP contribution in [0.3, 0.4) is 0 Å². The van der Waals surface area contributed by atoms with Crippen molar-refractivity contribution < 1.29 is 27.7 Å². The molecule has 140 valence electrons. The summed E-state index contributed by atoms with van der Waals surface area (Å²) in [6, 6.07) is 0. The van der Waals surface area contributed by atoms with Crippen molar-refractivity contribution in [1.82, 2.24) is 3.94 Å². The van der Waals surface area contributed by atoms with Gasteiger partial charge in [0.25, 0.3) is 0 Å². The van der Waals surface area contributed by atoms with E-state index in [1.54, 1.807) is 21.0 Å². The molecule has 1 atom stereocenters. The summed E-state index contributed by atoms with van der Waals surface area (Å²) < 4.78 is 40.0. The van der Waals surface area contributed by atoms with Crippen molar-refractivity contribution in [3.8, 4) is 0 Å². The fourth-order valence-electron chi connectivity index (χ4n) is 1.50. The van der Waals surface area contributed by atoms with E-state index in [0.717, 1.165) is 3.94 Å². The van der Waals surface area contributed by atoms with E-state index in [4.69, 9.17) is 37.8 Å². The molecular formula is C13H27Cl2NO6S. The highest BCUT2D eigenvalue weighted by molar-refractivity contribution is 7.91. The zero-order chi connectivity index (χ0) is 17.9. The minimum absolute atomic E-state index is 0.0621. The highest BCUT2D eigenvalue weighted by atomic mass is 35.5. The summed E-state index contributed by atoms with van der Waals surface area (Å²) in [7, 11) is -1.85. The van der Waals surface area contributed by atoms with Crippen LogP contribution in [0.25, 0.3) is 0 Å². The van der Waals surface area contributed by atoms with Crippen molar-refractivity contribution in [2.45, 2.75) is 31.9 Å². The van der Waals surface area contributed by atoms with Gasteiger partial charge in [0.2, 0.25) is 0 Å². The average Bonchev–Trinajstić information content (AvgIpc) is 2.44. The fraction of sp³-hybridized carbons (Fsp3) is 1.00. The monoisotopic (exact) mass is 395 g/mol. The molecule has 0 aromatic heterocycles. The van der Waals surface area contributed by atoms with Crippen LogP contribution in [0.15, 0.2) is 0 Å². The molecule has 0 aromatic rings. The third kappa shape index (κ3) is 12.4. The van der Waals surface area contributed by atoms with Crippen LogP contribution in [0, 0.1) is 0 Å². The summed E-state index contributed by atoms with van der Waals surface area (Å²) in [6.07, 6.45) is -0.825. The first-order valence-electron chi connectivity index (χ1n) is 7.25. The van der Waals surface area contributed by atoms with E-state index >= 15 is 0 Å². The van der Waals surface area contributed by atoms with Gasteiger partial charge in [-0.2, -0.15) is 0 Å². The van der Waals surface area contributed by atoms with Crippen molar-refractivity contribution in [3.05, 3.63) is 0 Å². The van der Waals surface area contributed by atoms with Gasteiger partial charge in [0.15, 0.2) is 9.84 Å². The Hall–Kier alpha value is 0.330. The summed E-state index contributed by atoms with van der Waals surface area (Å²) in [5, 5.41) is 9.74. The lowest BCUT2D eigenvalue weighted by Crippen LogP contribution is -2.35. The number of aliphatic hydroxyl groups excluding tert-OH is 1. The molecule has 0 aliphatic heterocycles. The van der Waals surface area contributed by atoms with Crippen LogP contribution in [0.2, 0.25) is 0 Å². The highest BCUT2D eigenvalue weighted by Gasteiger charge is 2.28. The lowest BCUT2D eigenvalue weighted by molar-refractivity contribution is -0.000180. The van der Waals surface area contributed by atoms with Crippen LogP contribution in [-0.4, -0.2) is 80.8 Å². The van der Waals surface area contributed by atoms with Gasteiger partial charge >= 0.3 is 0 Å². The van der Waals surface area contributed by atoms with Crippen LogP contribution < -0.4 is 0 Å². The molecule has 1 unspecified atom stereocenters. The molecule has 0 heterocycles. The van der Waals surface area contributed by atoms with Gasteiger partial charge in [-0.15, -0.1) is 3.94 Å². The Bertz CT molecular complexity index is 405. The smallest absolute Gasteiger partial charge is 0.153 e. The number of ether oxygens (including phenoxy) is 3. The fourth-order valence-corrected chi connectivity index (χ4v) is 3.32. The first kappa shape index (κ1) is 23.3. The lowest BCUT2D eigenvalue weighted by Gasteiger charge is -2.27. The standard InChI is InChI=1S/C13H27Cl2NO6S/c1-13(2,16(14)15)4-9-23(18,19)11-12(17)10-22-8-7-21-6-5-20-3/h12,17H,4-11H2,1-3H3. The minimum Gasteiger partial charge on any atom is -0.390 e. The number of nitrogens with zero attached hydrogens (tertiary/aromatic N) is 1. The molecule has 0 saturated carbocycles. The van der Waals surface area contributed by atoms with Crippen molar-refractivity contribution in [1.29, 1.82) is 0 Å². The predicted molar refractivity (Wildman–Crippen MR) is 90.4 cm³/mol. The van der Waals surface area contributed by atoms with Gasteiger partial charge in [-0.25, -0.2) is 8.42 Å². The molecule has 0 aromatic carbocycles. The van der Waals surface area contributed by atoms with Crippen LogP contribution in [0.1, 0.15) is 20.3 Å². The first-order chi connectivity index (χ1) is 10.6. The SMILES string of the molecule is COCCOCCOCC(O)CS(=O)(=O)CCC(C)(C)N(Cl)Cl. The molecule has 0 bridgehead atoms. The van der Waals surface area contributed by atoms with Gasteiger partial charge in [-0.3, -0.25) is 0 Å². The molecule has 0 rings (SSSR count). The Morgan fingerprint density at radius 3 is 2.26 bits per heavy atom. The number of methoxy groups -OCH3 is 1. The molecule has 0 fully saturated rings. The van der Waals surface area contributed by atoms with Gasteiger partial charge in [-0.05, 0) is 43.8 Å². The van der Waals surface area contributed by atoms with Crippen molar-refractivity contribution >= 4 is 33.4 Å². The number of rotatable bonds is 14. The Morgan fingerprint density at radius 1 is 1.13 bits per heavy atom. The van der Waals surface area contributed by atoms with Gasteiger partial charge in [-0.1, -0.05) is 0 Å². The molecule has 0 spiro atoms. The lowest BCUT2D eigenvalue weighted by atomic mass is 10.0. The second-order valence-electron chi connectivity index (χ2n) is 5.74. The second-order valence-corrected chi connectivity index (χ2v) is 8.82. The Morgan fingerprint density at radius 2 is 1.70 bits per heavy atom. The summed E-state index contributed by atoms with van der Waals surface area (Å²) in [4.78, 5) is 0. The molecule has 0 aliphatic rings. The Kier molecular flexibility index (Phi) is 12.0. The molecule has 0 saturated heterocycles. The topological polar surface area (TPSA) is 85.3 Å². The highest BCUT2D eigenvalue weighted by Crippen LogP contribution is 2.24. The number of halogens is 2. The molecule has 23 heavy (non-hydrogen) atoms. The van der Waals surface area contributed by atoms with Gasteiger partial charge < -0.3 is 19.3 Å². The van der Waals surface area contributed by atoms with E-state index in [-0.39, 0.29) is 31.1 Å². The van der Waals surface area contributed by atoms with E-state index in [0.29, 0.717) is 19.8 Å². The maximum Gasteiger partial charge on any atom is 0.153 e. The summed E-state index contributed by atoms with van der Waals surface area (Å²) in [5.41, 5.74) is -0.669. The molecule has 0 aliphatic carbocycles. The summed E-state index contributed by atoms with van der Waals surface area (Å²) in [6.45, 7) is 4.99.